The number of likely N-dealkylation sites (tertiary alicyclic amines) is 2. The molecule has 0 bridgehead atoms. The largest absolute Gasteiger partial charge is 0.445 e. The Morgan fingerprint density at radius 3 is 2.04 bits per heavy atom. The van der Waals surface area contributed by atoms with E-state index in [1.54, 1.807) is 12.1 Å². The van der Waals surface area contributed by atoms with E-state index in [-0.39, 0.29) is 49.6 Å². The molecule has 0 aromatic heterocycles. The average molecular weight is 668 g/mol. The molecule has 0 radical (unpaired) electrons. The van der Waals surface area contributed by atoms with E-state index in [4.69, 9.17) is 4.74 Å². The molecule has 258 valence electrons. The number of nitrogens with one attached hydrogen (secondary N) is 2. The maximum Gasteiger partial charge on any atom is 0.408 e. The molecule has 2 saturated heterocycles. The first-order valence-electron chi connectivity index (χ1n) is 16.7. The van der Waals surface area contributed by atoms with Gasteiger partial charge in [-0.05, 0) is 54.2 Å². The third kappa shape index (κ3) is 8.65. The van der Waals surface area contributed by atoms with Crippen LogP contribution in [0.2, 0.25) is 0 Å². The molecule has 2 aliphatic rings. The number of amides is 4. The molecule has 2 N–H and O–H groups in total. The second-order valence-corrected chi connectivity index (χ2v) is 13.3. The van der Waals surface area contributed by atoms with Gasteiger partial charge in [0.15, 0.2) is 5.78 Å². The summed E-state index contributed by atoms with van der Waals surface area (Å²) < 4.78 is 5.43. The van der Waals surface area contributed by atoms with Crippen LogP contribution < -0.4 is 15.5 Å². The number of carbonyl (C=O) groups is 5. The number of anilines is 1. The monoisotopic (exact) mass is 667 g/mol. The Bertz CT molecular complexity index is 1630. The molecule has 3 aromatic rings. The van der Waals surface area contributed by atoms with Crippen molar-refractivity contribution in [3.8, 4) is 0 Å². The molecule has 2 fully saturated rings. The van der Waals surface area contributed by atoms with Crippen molar-refractivity contribution in [1.82, 2.24) is 20.4 Å². The Morgan fingerprint density at radius 2 is 1.43 bits per heavy atom. The molecule has 4 atom stereocenters. The van der Waals surface area contributed by atoms with Gasteiger partial charge >= 0.3 is 6.09 Å². The summed E-state index contributed by atoms with van der Waals surface area (Å²) in [6, 6.07) is 22.4. The van der Waals surface area contributed by atoms with Gasteiger partial charge in [-0.3, -0.25) is 19.2 Å². The number of ether oxygens (including phenoxy) is 1. The molecule has 2 aliphatic heterocycles. The van der Waals surface area contributed by atoms with E-state index < -0.39 is 36.2 Å². The molecule has 11 heteroatoms. The van der Waals surface area contributed by atoms with Crippen LogP contribution in [0.3, 0.4) is 0 Å². The zero-order valence-corrected chi connectivity index (χ0v) is 28.5. The van der Waals surface area contributed by atoms with Crippen LogP contribution in [0.5, 0.6) is 0 Å². The highest BCUT2D eigenvalue weighted by Gasteiger charge is 2.53. The first-order valence-corrected chi connectivity index (χ1v) is 16.7. The fraction of sp³-hybridized carbons (Fsp3) is 0.395. The Hall–Kier alpha value is -5.19. The lowest BCUT2D eigenvalue weighted by atomic mass is 10.0. The number of carbonyl (C=O) groups excluding carboxylic acids is 5. The number of nitrogens with zero attached hydrogens (tertiary/aromatic N) is 3. The van der Waals surface area contributed by atoms with Crippen molar-refractivity contribution in [2.45, 2.75) is 63.9 Å². The molecule has 49 heavy (non-hydrogen) atoms. The SMILES string of the molecule is CC(C)CC(NC(=O)c1ccc(N(C)C)cc1)C(=O)N1CCC2C1C(=O)CN2C(=O)C(Cc1ccccc1)NC(=O)OCc1ccccc1. The Kier molecular flexibility index (Phi) is 11.3. The predicted octanol–water partition coefficient (Wildman–Crippen LogP) is 3.82. The second-order valence-electron chi connectivity index (χ2n) is 13.3. The topological polar surface area (TPSA) is 128 Å². The molecular weight excluding hydrogens is 622 g/mol. The smallest absolute Gasteiger partial charge is 0.408 e. The highest BCUT2D eigenvalue weighted by atomic mass is 16.5. The van der Waals surface area contributed by atoms with Gasteiger partial charge < -0.3 is 30.1 Å². The minimum atomic E-state index is -0.992. The predicted molar refractivity (Wildman–Crippen MR) is 186 cm³/mol. The Labute approximate surface area is 287 Å². The normalized spacial score (nSPS) is 18.1. The number of fused-ring (bicyclic) bond motifs is 1. The minimum Gasteiger partial charge on any atom is -0.445 e. The lowest BCUT2D eigenvalue weighted by Gasteiger charge is -2.30. The van der Waals surface area contributed by atoms with Gasteiger partial charge in [-0.1, -0.05) is 74.5 Å². The van der Waals surface area contributed by atoms with Gasteiger partial charge in [0.2, 0.25) is 11.8 Å². The van der Waals surface area contributed by atoms with Gasteiger partial charge in [-0.15, -0.1) is 0 Å². The zero-order chi connectivity index (χ0) is 35.1. The molecule has 0 saturated carbocycles. The summed E-state index contributed by atoms with van der Waals surface area (Å²) in [5.74, 6) is -1.28. The summed E-state index contributed by atoms with van der Waals surface area (Å²) in [6.07, 6.45) is 0.243. The van der Waals surface area contributed by atoms with Crippen LogP contribution in [-0.4, -0.2) is 90.8 Å². The van der Waals surface area contributed by atoms with Crippen molar-refractivity contribution < 1.29 is 28.7 Å². The number of hydrogen-bond acceptors (Lipinski definition) is 7. The van der Waals surface area contributed by atoms with E-state index in [9.17, 15) is 24.0 Å². The van der Waals surface area contributed by atoms with Gasteiger partial charge in [0, 0.05) is 38.3 Å². The van der Waals surface area contributed by atoms with Crippen molar-refractivity contribution in [3.05, 3.63) is 102 Å². The van der Waals surface area contributed by atoms with Crippen molar-refractivity contribution in [2.75, 3.05) is 32.1 Å². The fourth-order valence-corrected chi connectivity index (χ4v) is 6.56. The highest BCUT2D eigenvalue weighted by molar-refractivity contribution is 6.01. The van der Waals surface area contributed by atoms with E-state index in [0.29, 0.717) is 18.4 Å². The van der Waals surface area contributed by atoms with E-state index in [0.717, 1.165) is 16.8 Å². The molecule has 0 spiro atoms. The summed E-state index contributed by atoms with van der Waals surface area (Å²) in [4.78, 5) is 72.8. The van der Waals surface area contributed by atoms with Crippen LogP contribution in [0, 0.1) is 5.92 Å². The lowest BCUT2D eigenvalue weighted by molar-refractivity contribution is -0.138. The maximum atomic E-state index is 14.1. The van der Waals surface area contributed by atoms with E-state index >= 15 is 0 Å². The van der Waals surface area contributed by atoms with Crippen molar-refractivity contribution in [3.63, 3.8) is 0 Å². The molecule has 4 unspecified atom stereocenters. The van der Waals surface area contributed by atoms with Gasteiger partial charge in [-0.2, -0.15) is 0 Å². The van der Waals surface area contributed by atoms with Crippen molar-refractivity contribution in [1.29, 1.82) is 0 Å². The first kappa shape index (κ1) is 35.1. The van der Waals surface area contributed by atoms with Crippen LogP contribution in [0.25, 0.3) is 0 Å². The minimum absolute atomic E-state index is 0.0400. The summed E-state index contributed by atoms with van der Waals surface area (Å²) in [6.45, 7) is 4.07. The Balaban J connectivity index is 1.29. The number of hydrogen-bond donors (Lipinski definition) is 2. The van der Waals surface area contributed by atoms with Gasteiger partial charge in [-0.25, -0.2) is 4.79 Å². The molecule has 4 amide bonds. The number of ketones is 1. The lowest BCUT2D eigenvalue weighted by Crippen LogP contribution is -2.54. The number of Topliss-reactive ketones (excluding diaryl/α,β-unsaturated/α-hetero) is 1. The third-order valence-electron chi connectivity index (χ3n) is 9.03. The van der Waals surface area contributed by atoms with E-state index in [2.05, 4.69) is 10.6 Å². The third-order valence-corrected chi connectivity index (χ3v) is 9.03. The average Bonchev–Trinajstić information content (AvgIpc) is 3.68. The highest BCUT2D eigenvalue weighted by Crippen LogP contribution is 2.31. The van der Waals surface area contributed by atoms with Crippen LogP contribution in [0.4, 0.5) is 10.5 Å². The van der Waals surface area contributed by atoms with Crippen molar-refractivity contribution >= 4 is 35.3 Å². The van der Waals surface area contributed by atoms with E-state index in [1.165, 1.54) is 9.80 Å². The molecule has 11 nitrogen and oxygen atoms in total. The number of alkyl carbamates (subject to hydrolysis) is 1. The zero-order valence-electron chi connectivity index (χ0n) is 28.5. The van der Waals surface area contributed by atoms with Gasteiger partial charge in [0.05, 0.1) is 12.6 Å². The molecule has 3 aromatic carbocycles. The van der Waals surface area contributed by atoms with Crippen molar-refractivity contribution in [2.24, 2.45) is 5.92 Å². The summed E-state index contributed by atoms with van der Waals surface area (Å²) in [5, 5.41) is 5.65. The quantitative estimate of drug-likeness (QED) is 0.301. The van der Waals surface area contributed by atoms with Crippen LogP contribution in [0.15, 0.2) is 84.9 Å². The number of benzene rings is 3. The standard InChI is InChI=1S/C38H45N5O6/c1-25(2)21-30(39-35(45)28-15-17-29(18-16-28)41(3)4)36(46)42-20-19-32-34(42)33(44)23-43(32)37(47)31(22-26-11-7-5-8-12-26)40-38(48)49-24-27-13-9-6-10-14-27/h5-18,25,30-32,34H,19-24H2,1-4H3,(H,39,45)(H,40,48). The van der Waals surface area contributed by atoms with Gasteiger partial charge in [0.25, 0.3) is 5.91 Å². The molecular formula is C38H45N5O6. The number of rotatable bonds is 12. The first-order chi connectivity index (χ1) is 23.5. The maximum absolute atomic E-state index is 14.1. The molecule has 2 heterocycles. The summed E-state index contributed by atoms with van der Waals surface area (Å²) >= 11 is 0. The van der Waals surface area contributed by atoms with Gasteiger partial charge in [0.1, 0.15) is 24.7 Å². The van der Waals surface area contributed by atoms with Crippen LogP contribution in [-0.2, 0) is 32.1 Å². The summed E-state index contributed by atoms with van der Waals surface area (Å²) in [7, 11) is 3.83. The fourth-order valence-electron chi connectivity index (χ4n) is 6.56. The Morgan fingerprint density at radius 1 is 0.816 bits per heavy atom. The molecule has 0 aliphatic carbocycles. The van der Waals surface area contributed by atoms with Crippen LogP contribution >= 0.6 is 0 Å². The summed E-state index contributed by atoms with van der Waals surface area (Å²) in [5.41, 5.74) is 3.01. The van der Waals surface area contributed by atoms with Crippen LogP contribution in [0.1, 0.15) is 48.2 Å². The van der Waals surface area contributed by atoms with E-state index in [1.807, 2.05) is 106 Å². The second kappa shape index (κ2) is 15.8. The molecule has 5 rings (SSSR count).